The van der Waals surface area contributed by atoms with E-state index in [9.17, 15) is 14.3 Å². The fraction of sp³-hybridized carbons (Fsp3) is 0.794. The molecule has 8 heteroatoms. The van der Waals surface area contributed by atoms with Crippen LogP contribution >= 0.6 is 7.82 Å². The molecule has 1 N–H and O–H groups in total. The van der Waals surface area contributed by atoms with Crippen molar-refractivity contribution in [3.63, 3.8) is 0 Å². The molecular weight excluding hydrogens is 549 g/mol. The molecule has 0 aliphatic carbocycles. The van der Waals surface area contributed by atoms with Gasteiger partial charge < -0.3 is 19.3 Å². The first-order valence-electron chi connectivity index (χ1n) is 16.7. The van der Waals surface area contributed by atoms with Gasteiger partial charge in [0.05, 0.1) is 19.3 Å². The van der Waals surface area contributed by atoms with Crippen LogP contribution in [-0.4, -0.2) is 55.5 Å². The lowest BCUT2D eigenvalue weighted by molar-refractivity contribution is -0.118. The Morgan fingerprint density at radius 1 is 0.881 bits per heavy atom. The maximum atomic E-state index is 12.6. The van der Waals surface area contributed by atoms with Gasteiger partial charge in [-0.3, -0.25) is 9.05 Å². The van der Waals surface area contributed by atoms with E-state index in [1.54, 1.807) is 0 Å². The molecule has 0 fully saturated rings. The molecule has 0 heterocycles. The summed E-state index contributed by atoms with van der Waals surface area (Å²) in [5.74, 6) is 0.650. The fourth-order valence-corrected chi connectivity index (χ4v) is 6.26. The van der Waals surface area contributed by atoms with Crippen LogP contribution in [0.1, 0.15) is 129 Å². The van der Waals surface area contributed by atoms with Gasteiger partial charge >= 0.3 is 7.82 Å². The summed E-state index contributed by atoms with van der Waals surface area (Å²) in [7, 11) is -0.221. The third kappa shape index (κ3) is 21.4. The van der Waals surface area contributed by atoms with Crippen LogP contribution in [-0.2, 0) is 24.8 Å². The standard InChI is InChI=1S/C34H62NO6P/c1-6-8-9-10-11-12-13-14-15-16-17-18-26-39-34-23-21-31(22-24-34)28-32(27-30(3)36)29-40-42(37,38)41-33(7-2)20-19-25-35(4)5/h21-24,32-33H,6-20,25-29H2,1-5H3,(H,37,38). The molecular formula is C34H62NO6P. The predicted molar refractivity (Wildman–Crippen MR) is 174 cm³/mol. The highest BCUT2D eigenvalue weighted by molar-refractivity contribution is 7.47. The molecule has 1 aromatic carbocycles. The second-order valence-electron chi connectivity index (χ2n) is 12.2. The summed E-state index contributed by atoms with van der Waals surface area (Å²) in [6.45, 7) is 7.33. The Labute approximate surface area is 257 Å². The number of ether oxygens (including phenoxy) is 1. The SMILES string of the molecule is CCCCCCCCCCCCCCOc1ccc(CC(COP(=O)(O)OC(CC)CCCN(C)C)CC(C)=O)cc1. The van der Waals surface area contributed by atoms with E-state index >= 15 is 0 Å². The molecule has 7 nitrogen and oxygen atoms in total. The zero-order valence-corrected chi connectivity index (χ0v) is 28.4. The van der Waals surface area contributed by atoms with Gasteiger partial charge in [0.2, 0.25) is 0 Å². The van der Waals surface area contributed by atoms with Crippen LogP contribution in [0.15, 0.2) is 24.3 Å². The molecule has 0 saturated carbocycles. The van der Waals surface area contributed by atoms with Gasteiger partial charge in [0.15, 0.2) is 0 Å². The third-order valence-corrected chi connectivity index (χ3v) is 8.67. The summed E-state index contributed by atoms with van der Waals surface area (Å²) in [5, 5.41) is 0. The van der Waals surface area contributed by atoms with Crippen LogP contribution in [0.3, 0.4) is 0 Å². The van der Waals surface area contributed by atoms with Crippen molar-refractivity contribution in [3.05, 3.63) is 29.8 Å². The normalized spacial score (nSPS) is 14.5. The number of unbranched alkanes of at least 4 members (excludes halogenated alkanes) is 11. The van der Waals surface area contributed by atoms with Crippen molar-refractivity contribution in [2.24, 2.45) is 5.92 Å². The second kappa shape index (κ2) is 24.1. The first-order valence-corrected chi connectivity index (χ1v) is 18.2. The molecule has 0 spiro atoms. The van der Waals surface area contributed by atoms with Crippen molar-refractivity contribution < 1.29 is 28.0 Å². The topological polar surface area (TPSA) is 85.3 Å². The molecule has 3 unspecified atom stereocenters. The van der Waals surface area contributed by atoms with Crippen LogP contribution < -0.4 is 4.74 Å². The number of phosphoric ester groups is 1. The van der Waals surface area contributed by atoms with E-state index < -0.39 is 7.82 Å². The number of carbonyl (C=O) groups is 1. The Morgan fingerprint density at radius 2 is 1.45 bits per heavy atom. The lowest BCUT2D eigenvalue weighted by Gasteiger charge is -2.22. The van der Waals surface area contributed by atoms with Crippen molar-refractivity contribution in [1.29, 1.82) is 0 Å². The van der Waals surface area contributed by atoms with Crippen molar-refractivity contribution >= 4 is 13.6 Å². The molecule has 0 bridgehead atoms. The van der Waals surface area contributed by atoms with Crippen molar-refractivity contribution in [1.82, 2.24) is 4.90 Å². The molecule has 0 aliphatic rings. The highest BCUT2D eigenvalue weighted by Gasteiger charge is 2.27. The number of hydrogen-bond acceptors (Lipinski definition) is 6. The lowest BCUT2D eigenvalue weighted by atomic mass is 9.95. The van der Waals surface area contributed by atoms with Gasteiger partial charge in [-0.05, 0) is 83.3 Å². The van der Waals surface area contributed by atoms with E-state index in [1.165, 1.54) is 77.6 Å². The van der Waals surface area contributed by atoms with Gasteiger partial charge in [0, 0.05) is 6.42 Å². The minimum Gasteiger partial charge on any atom is -0.494 e. The Kier molecular flexibility index (Phi) is 22.3. The summed E-state index contributed by atoms with van der Waals surface area (Å²) < 4.78 is 29.4. The predicted octanol–water partition coefficient (Wildman–Crippen LogP) is 9.16. The maximum absolute atomic E-state index is 12.6. The summed E-state index contributed by atoms with van der Waals surface area (Å²) in [6.07, 6.45) is 18.6. The van der Waals surface area contributed by atoms with E-state index in [1.807, 2.05) is 45.3 Å². The van der Waals surface area contributed by atoms with Gasteiger partial charge in [-0.2, -0.15) is 0 Å². The molecule has 244 valence electrons. The average molecular weight is 612 g/mol. The Hall–Kier alpha value is -1.24. The molecule has 0 aliphatic heterocycles. The molecule has 0 aromatic heterocycles. The number of ketones is 1. The number of hydrogen-bond donors (Lipinski definition) is 1. The first-order chi connectivity index (χ1) is 20.1. The summed E-state index contributed by atoms with van der Waals surface area (Å²) >= 11 is 0. The van der Waals surface area contributed by atoms with E-state index in [4.69, 9.17) is 13.8 Å². The van der Waals surface area contributed by atoms with Crippen molar-refractivity contribution in [3.8, 4) is 5.75 Å². The average Bonchev–Trinajstić information content (AvgIpc) is 2.94. The van der Waals surface area contributed by atoms with Crippen molar-refractivity contribution in [2.45, 2.75) is 136 Å². The maximum Gasteiger partial charge on any atom is 0.472 e. The van der Waals surface area contributed by atoms with E-state index in [2.05, 4.69) is 11.8 Å². The van der Waals surface area contributed by atoms with Crippen LogP contribution in [0.2, 0.25) is 0 Å². The number of nitrogens with zero attached hydrogens (tertiary/aromatic N) is 1. The molecule has 0 saturated heterocycles. The third-order valence-electron chi connectivity index (χ3n) is 7.63. The smallest absolute Gasteiger partial charge is 0.472 e. The molecule has 3 atom stereocenters. The van der Waals surface area contributed by atoms with E-state index in [-0.39, 0.29) is 30.8 Å². The van der Waals surface area contributed by atoms with E-state index in [0.29, 0.717) is 19.3 Å². The molecule has 1 rings (SSSR count). The largest absolute Gasteiger partial charge is 0.494 e. The van der Waals surface area contributed by atoms with Gasteiger partial charge in [-0.1, -0.05) is 96.6 Å². The number of carbonyl (C=O) groups excluding carboxylic acids is 1. The van der Waals surface area contributed by atoms with E-state index in [0.717, 1.165) is 37.3 Å². The second-order valence-corrected chi connectivity index (χ2v) is 13.6. The van der Waals surface area contributed by atoms with Gasteiger partial charge in [0.25, 0.3) is 0 Å². The Balaban J connectivity index is 2.34. The first kappa shape index (κ1) is 38.8. The fourth-order valence-electron chi connectivity index (χ4n) is 5.17. The molecule has 42 heavy (non-hydrogen) atoms. The monoisotopic (exact) mass is 611 g/mol. The van der Waals surface area contributed by atoms with Crippen LogP contribution in [0, 0.1) is 5.92 Å². The number of Topliss-reactive ketones (excluding diaryl/α,β-unsaturated/α-hetero) is 1. The summed E-state index contributed by atoms with van der Waals surface area (Å²) in [5.41, 5.74) is 1.03. The summed E-state index contributed by atoms with van der Waals surface area (Å²) in [4.78, 5) is 24.3. The molecule has 0 radical (unpaired) electrons. The molecule has 0 amide bonds. The highest BCUT2D eigenvalue weighted by Crippen LogP contribution is 2.46. The van der Waals surface area contributed by atoms with Crippen LogP contribution in [0.25, 0.3) is 0 Å². The highest BCUT2D eigenvalue weighted by atomic mass is 31.2. The van der Waals surface area contributed by atoms with Crippen molar-refractivity contribution in [2.75, 3.05) is 33.9 Å². The zero-order valence-electron chi connectivity index (χ0n) is 27.5. The summed E-state index contributed by atoms with van der Waals surface area (Å²) in [6, 6.07) is 7.91. The Bertz CT molecular complexity index is 847. The van der Waals surface area contributed by atoms with Crippen LogP contribution in [0.4, 0.5) is 0 Å². The van der Waals surface area contributed by atoms with Gasteiger partial charge in [0.1, 0.15) is 11.5 Å². The van der Waals surface area contributed by atoms with Crippen LogP contribution in [0.5, 0.6) is 5.75 Å². The minimum absolute atomic E-state index is 0.0152. The quantitative estimate of drug-likeness (QED) is 0.0747. The number of benzene rings is 1. The van der Waals surface area contributed by atoms with Gasteiger partial charge in [-0.25, -0.2) is 4.57 Å². The number of rotatable bonds is 28. The van der Waals surface area contributed by atoms with Gasteiger partial charge in [-0.15, -0.1) is 0 Å². The lowest BCUT2D eigenvalue weighted by Crippen LogP contribution is -2.19. The molecule has 1 aromatic rings. The minimum atomic E-state index is -4.22. The zero-order chi connectivity index (χ0) is 31.1. The Morgan fingerprint density at radius 3 is 1.98 bits per heavy atom. The number of phosphoric acid groups is 1.